The lowest BCUT2D eigenvalue weighted by atomic mass is 9.96. The predicted octanol–water partition coefficient (Wildman–Crippen LogP) is 11.6. The molecule has 185 valence electrons. The normalized spacial score (nSPS) is 11.6. The molecule has 1 radical (unpaired) electrons. The smallest absolute Gasteiger partial charge is 0.00867 e. The van der Waals surface area contributed by atoms with Crippen molar-refractivity contribution < 1.29 is 0 Å². The van der Waals surface area contributed by atoms with Crippen LogP contribution in [0, 0.1) is 6.42 Å². The van der Waals surface area contributed by atoms with Gasteiger partial charge in [0.15, 0.2) is 0 Å². The van der Waals surface area contributed by atoms with Crippen molar-refractivity contribution in [3.05, 3.63) is 66.6 Å². The van der Waals surface area contributed by atoms with Gasteiger partial charge in [0.05, 0.1) is 0 Å². The summed E-state index contributed by atoms with van der Waals surface area (Å²) in [5, 5.41) is 5.43. The molecule has 0 heterocycles. The minimum absolute atomic E-state index is 1.20. The maximum Gasteiger partial charge on any atom is -0.00867 e. The molecule has 0 unspecified atom stereocenters. The first-order valence-electron chi connectivity index (χ1n) is 14.6. The van der Waals surface area contributed by atoms with Crippen molar-refractivity contribution >= 4 is 21.5 Å². The van der Waals surface area contributed by atoms with Crippen LogP contribution in [0.2, 0.25) is 0 Å². The zero-order valence-electron chi connectivity index (χ0n) is 22.0. The van der Waals surface area contributed by atoms with Crippen molar-refractivity contribution in [3.8, 4) is 0 Å². The van der Waals surface area contributed by atoms with Crippen LogP contribution in [-0.2, 0) is 0 Å². The second-order valence-corrected chi connectivity index (χ2v) is 10.4. The second-order valence-electron chi connectivity index (χ2n) is 10.4. The molecule has 0 saturated heterocycles. The highest BCUT2D eigenvalue weighted by molar-refractivity contribution is 6.00. The molecule has 0 atom stereocenters. The topological polar surface area (TPSA) is 0 Å². The average molecular weight is 458 g/mol. The van der Waals surface area contributed by atoms with Crippen LogP contribution in [0.25, 0.3) is 21.5 Å². The highest BCUT2D eigenvalue weighted by atomic mass is 14.1. The third-order valence-electron chi connectivity index (χ3n) is 7.45. The molecule has 0 fully saturated rings. The standard InChI is InChI=1S/C34H49/c1-2-3-4-5-6-7-8-9-10-11-12-13-14-15-16-17-18-19-23-30-26-22-27-33-28-31-24-20-21-25-32(31)29-34(30)33/h20-29H,2-19H2,1H3. The van der Waals surface area contributed by atoms with Gasteiger partial charge in [-0.25, -0.2) is 0 Å². The van der Waals surface area contributed by atoms with Crippen LogP contribution in [0.3, 0.4) is 0 Å². The third-order valence-corrected chi connectivity index (χ3v) is 7.45. The Bertz CT molecular complexity index is 922. The first-order chi connectivity index (χ1) is 16.9. The van der Waals surface area contributed by atoms with E-state index in [9.17, 15) is 0 Å². The summed E-state index contributed by atoms with van der Waals surface area (Å²) in [6.07, 6.45) is 28.1. The van der Waals surface area contributed by atoms with Gasteiger partial charge in [0.2, 0.25) is 0 Å². The van der Waals surface area contributed by atoms with Crippen molar-refractivity contribution in [2.24, 2.45) is 0 Å². The van der Waals surface area contributed by atoms with Crippen LogP contribution in [0.4, 0.5) is 0 Å². The monoisotopic (exact) mass is 457 g/mol. The Morgan fingerprint density at radius 1 is 0.471 bits per heavy atom. The molecule has 0 saturated carbocycles. The fraction of sp³-hybridized carbons (Fsp3) is 0.559. The van der Waals surface area contributed by atoms with Gasteiger partial charge in [-0.3, -0.25) is 0 Å². The van der Waals surface area contributed by atoms with E-state index in [2.05, 4.69) is 67.9 Å². The molecular weight excluding hydrogens is 408 g/mol. The largest absolute Gasteiger partial charge is 0.0654 e. The van der Waals surface area contributed by atoms with Crippen LogP contribution >= 0.6 is 0 Å². The van der Waals surface area contributed by atoms with Crippen LogP contribution < -0.4 is 0 Å². The quantitative estimate of drug-likeness (QED) is 0.124. The summed E-state index contributed by atoms with van der Waals surface area (Å²) < 4.78 is 0. The van der Waals surface area contributed by atoms with Gasteiger partial charge in [-0.15, -0.1) is 0 Å². The lowest BCUT2D eigenvalue weighted by Crippen LogP contribution is -1.87. The zero-order valence-corrected chi connectivity index (χ0v) is 22.0. The third kappa shape index (κ3) is 9.81. The summed E-state index contributed by atoms with van der Waals surface area (Å²) in [5.74, 6) is 0. The summed E-state index contributed by atoms with van der Waals surface area (Å²) in [6.45, 7) is 2.30. The van der Waals surface area contributed by atoms with E-state index in [1.54, 1.807) is 0 Å². The van der Waals surface area contributed by atoms with E-state index in [0.717, 1.165) is 0 Å². The zero-order chi connectivity index (χ0) is 23.7. The fourth-order valence-corrected chi connectivity index (χ4v) is 5.30. The van der Waals surface area contributed by atoms with Crippen LogP contribution in [0.1, 0.15) is 128 Å². The van der Waals surface area contributed by atoms with Crippen molar-refractivity contribution in [3.63, 3.8) is 0 Å². The molecule has 3 aromatic carbocycles. The first-order valence-corrected chi connectivity index (χ1v) is 14.6. The molecule has 0 spiro atoms. The molecule has 0 aliphatic carbocycles. The van der Waals surface area contributed by atoms with Gasteiger partial charge in [-0.1, -0.05) is 159 Å². The average Bonchev–Trinajstić information content (AvgIpc) is 2.87. The predicted molar refractivity (Wildman–Crippen MR) is 154 cm³/mol. The fourth-order valence-electron chi connectivity index (χ4n) is 5.30. The summed E-state index contributed by atoms with van der Waals surface area (Å²) in [4.78, 5) is 0. The molecular formula is C34H49. The van der Waals surface area contributed by atoms with Crippen molar-refractivity contribution in [1.82, 2.24) is 0 Å². The van der Waals surface area contributed by atoms with Crippen LogP contribution in [-0.4, -0.2) is 0 Å². The Kier molecular flexibility index (Phi) is 13.2. The number of fused-ring (bicyclic) bond motifs is 2. The van der Waals surface area contributed by atoms with Gasteiger partial charge in [0.25, 0.3) is 0 Å². The van der Waals surface area contributed by atoms with E-state index in [1.165, 1.54) is 143 Å². The summed E-state index contributed by atoms with van der Waals surface area (Å²) >= 11 is 0. The van der Waals surface area contributed by atoms with Crippen LogP contribution in [0.5, 0.6) is 0 Å². The molecule has 0 aliphatic heterocycles. The summed E-state index contributed by atoms with van der Waals surface area (Å²) in [5.41, 5.74) is 1.40. The lowest BCUT2D eigenvalue weighted by molar-refractivity contribution is 0.527. The first kappa shape index (κ1) is 26.8. The summed E-state index contributed by atoms with van der Waals surface area (Å²) in [7, 11) is 0. The number of rotatable bonds is 19. The minimum atomic E-state index is 1.20. The Morgan fingerprint density at radius 3 is 1.50 bits per heavy atom. The maximum absolute atomic E-state index is 2.46. The molecule has 0 bridgehead atoms. The maximum atomic E-state index is 2.46. The lowest BCUT2D eigenvalue weighted by Gasteiger charge is -2.08. The highest BCUT2D eigenvalue weighted by Gasteiger charge is 2.04. The van der Waals surface area contributed by atoms with Gasteiger partial charge in [-0.05, 0) is 52.1 Å². The van der Waals surface area contributed by atoms with E-state index < -0.39 is 0 Å². The van der Waals surface area contributed by atoms with E-state index in [4.69, 9.17) is 0 Å². The Hall–Kier alpha value is -1.82. The number of hydrogen-bond donors (Lipinski definition) is 0. The van der Waals surface area contributed by atoms with Gasteiger partial charge in [0.1, 0.15) is 0 Å². The number of unbranched alkanes of at least 4 members (excludes halogenated alkanes) is 17. The minimum Gasteiger partial charge on any atom is -0.0654 e. The van der Waals surface area contributed by atoms with E-state index in [1.807, 2.05) is 0 Å². The van der Waals surface area contributed by atoms with Gasteiger partial charge >= 0.3 is 0 Å². The SMILES string of the molecule is CCCCCCCCCCCCCCCCCCC[CH]c1cccc2cc3ccccc3cc12. The Morgan fingerprint density at radius 2 is 0.941 bits per heavy atom. The molecule has 0 aliphatic rings. The van der Waals surface area contributed by atoms with Crippen molar-refractivity contribution in [2.75, 3.05) is 0 Å². The molecule has 3 rings (SSSR count). The second kappa shape index (κ2) is 16.7. The molecule has 34 heavy (non-hydrogen) atoms. The van der Waals surface area contributed by atoms with E-state index in [-0.39, 0.29) is 0 Å². The van der Waals surface area contributed by atoms with Gasteiger partial charge < -0.3 is 0 Å². The van der Waals surface area contributed by atoms with Crippen LogP contribution in [0.15, 0.2) is 54.6 Å². The van der Waals surface area contributed by atoms with Gasteiger partial charge in [0, 0.05) is 0 Å². The van der Waals surface area contributed by atoms with E-state index in [0.29, 0.717) is 0 Å². The summed E-state index contributed by atoms with van der Waals surface area (Å²) in [6, 6.07) is 20.1. The molecule has 0 amide bonds. The Labute approximate surface area is 210 Å². The molecule has 0 aromatic heterocycles. The highest BCUT2D eigenvalue weighted by Crippen LogP contribution is 2.27. The van der Waals surface area contributed by atoms with Crippen molar-refractivity contribution in [2.45, 2.75) is 122 Å². The number of hydrogen-bond acceptors (Lipinski definition) is 0. The molecule has 0 nitrogen and oxygen atoms in total. The van der Waals surface area contributed by atoms with E-state index >= 15 is 0 Å². The van der Waals surface area contributed by atoms with Gasteiger partial charge in [-0.2, -0.15) is 0 Å². The molecule has 0 heteroatoms. The van der Waals surface area contributed by atoms with Crippen molar-refractivity contribution in [1.29, 1.82) is 0 Å². The number of benzene rings is 3. The molecule has 0 N–H and O–H groups in total. The molecule has 3 aromatic rings. The Balaban J connectivity index is 1.17.